The van der Waals surface area contributed by atoms with Crippen LogP contribution >= 0.6 is 0 Å². The van der Waals surface area contributed by atoms with Gasteiger partial charge in [0.25, 0.3) is 5.91 Å². The van der Waals surface area contributed by atoms with Gasteiger partial charge >= 0.3 is 0 Å². The molecule has 6 heteroatoms. The van der Waals surface area contributed by atoms with Crippen LogP contribution in [0.1, 0.15) is 32.6 Å². The van der Waals surface area contributed by atoms with Gasteiger partial charge in [-0.05, 0) is 31.6 Å². The highest BCUT2D eigenvalue weighted by atomic mass is 16.5. The second kappa shape index (κ2) is 6.39. The molecule has 2 aliphatic rings. The van der Waals surface area contributed by atoms with Crippen molar-refractivity contribution >= 4 is 17.5 Å². The molecule has 0 bridgehead atoms. The first-order valence-corrected chi connectivity index (χ1v) is 7.72. The van der Waals surface area contributed by atoms with E-state index in [1.807, 2.05) is 0 Å². The van der Waals surface area contributed by atoms with Gasteiger partial charge in [0.1, 0.15) is 6.10 Å². The minimum atomic E-state index is -0.326. The van der Waals surface area contributed by atoms with Crippen molar-refractivity contribution in [3.8, 4) is 0 Å². The highest BCUT2D eigenvalue weighted by Gasteiger charge is 2.24. The van der Waals surface area contributed by atoms with Crippen LogP contribution in [0.25, 0.3) is 0 Å². The number of carbonyl (C=O) groups is 1. The van der Waals surface area contributed by atoms with Crippen LogP contribution < -0.4 is 10.2 Å². The smallest absolute Gasteiger partial charge is 0.253 e. The summed E-state index contributed by atoms with van der Waals surface area (Å²) in [6.07, 6.45) is 7.12. The van der Waals surface area contributed by atoms with Crippen molar-refractivity contribution < 1.29 is 9.53 Å². The number of piperidine rings is 1. The Balaban J connectivity index is 1.57. The molecular formula is C15H22N4O2. The molecule has 1 unspecified atom stereocenters. The first kappa shape index (κ1) is 14.3. The van der Waals surface area contributed by atoms with E-state index in [-0.39, 0.29) is 12.0 Å². The van der Waals surface area contributed by atoms with Crippen LogP contribution in [0.2, 0.25) is 0 Å². The maximum atomic E-state index is 11.9. The summed E-state index contributed by atoms with van der Waals surface area (Å²) >= 11 is 0. The molecule has 0 radical (unpaired) electrons. The number of rotatable bonds is 3. The molecule has 3 heterocycles. The lowest BCUT2D eigenvalue weighted by Gasteiger charge is -2.30. The lowest BCUT2D eigenvalue weighted by atomic mass is 10.00. The summed E-state index contributed by atoms with van der Waals surface area (Å²) in [6, 6.07) is 0. The van der Waals surface area contributed by atoms with E-state index in [0.29, 0.717) is 12.3 Å². The predicted molar refractivity (Wildman–Crippen MR) is 80.2 cm³/mol. The normalized spacial score (nSPS) is 23.3. The zero-order valence-electron chi connectivity index (χ0n) is 12.4. The Morgan fingerprint density at radius 1 is 1.29 bits per heavy atom. The van der Waals surface area contributed by atoms with E-state index in [0.717, 1.165) is 37.8 Å². The molecule has 21 heavy (non-hydrogen) atoms. The highest BCUT2D eigenvalue weighted by molar-refractivity contribution is 5.94. The molecule has 1 aromatic rings. The second-order valence-electron chi connectivity index (χ2n) is 5.93. The van der Waals surface area contributed by atoms with Gasteiger partial charge in [-0.1, -0.05) is 6.92 Å². The van der Waals surface area contributed by atoms with E-state index in [1.54, 1.807) is 12.4 Å². The molecule has 0 aromatic carbocycles. The van der Waals surface area contributed by atoms with E-state index in [4.69, 9.17) is 4.74 Å². The summed E-state index contributed by atoms with van der Waals surface area (Å²) in [6.45, 7) is 4.95. The minimum absolute atomic E-state index is 0.101. The number of aromatic nitrogens is 2. The monoisotopic (exact) mass is 290 g/mol. The first-order chi connectivity index (χ1) is 10.2. The molecule has 1 atom stereocenters. The average molecular weight is 290 g/mol. The van der Waals surface area contributed by atoms with Crippen LogP contribution in [0.3, 0.4) is 0 Å². The largest absolute Gasteiger partial charge is 0.368 e. The predicted octanol–water partition coefficient (Wildman–Crippen LogP) is 1.83. The van der Waals surface area contributed by atoms with Crippen molar-refractivity contribution in [1.82, 2.24) is 9.97 Å². The molecule has 1 N–H and O–H groups in total. The van der Waals surface area contributed by atoms with Crippen LogP contribution in [0.4, 0.5) is 11.6 Å². The maximum absolute atomic E-state index is 11.9. The van der Waals surface area contributed by atoms with Gasteiger partial charge in [0.05, 0.1) is 18.1 Å². The third-order valence-corrected chi connectivity index (χ3v) is 4.19. The van der Waals surface area contributed by atoms with Crippen molar-refractivity contribution in [3.05, 3.63) is 12.4 Å². The number of amides is 1. The van der Waals surface area contributed by atoms with Gasteiger partial charge in [0, 0.05) is 19.7 Å². The van der Waals surface area contributed by atoms with Gasteiger partial charge in [-0.2, -0.15) is 0 Å². The van der Waals surface area contributed by atoms with Crippen LogP contribution in [0.15, 0.2) is 12.4 Å². The van der Waals surface area contributed by atoms with Crippen LogP contribution in [0.5, 0.6) is 0 Å². The summed E-state index contributed by atoms with van der Waals surface area (Å²) in [5.74, 6) is 1.43. The van der Waals surface area contributed by atoms with E-state index < -0.39 is 0 Å². The molecular weight excluding hydrogens is 268 g/mol. The van der Waals surface area contributed by atoms with Gasteiger partial charge < -0.3 is 15.0 Å². The molecule has 114 valence electrons. The molecule has 0 spiro atoms. The fraction of sp³-hybridized carbons (Fsp3) is 0.667. The Morgan fingerprint density at radius 2 is 2.00 bits per heavy atom. The molecule has 2 saturated heterocycles. The molecule has 1 aromatic heterocycles. The second-order valence-corrected chi connectivity index (χ2v) is 5.93. The zero-order chi connectivity index (χ0) is 14.7. The number of nitrogens with one attached hydrogen (secondary N) is 1. The third-order valence-electron chi connectivity index (χ3n) is 4.19. The minimum Gasteiger partial charge on any atom is -0.368 e. The first-order valence-electron chi connectivity index (χ1n) is 7.72. The number of hydrogen-bond donors (Lipinski definition) is 1. The topological polar surface area (TPSA) is 67.4 Å². The van der Waals surface area contributed by atoms with Crippen LogP contribution in [-0.4, -0.2) is 41.7 Å². The SMILES string of the molecule is CC1CCN(c2ncc(NC(=O)C3CCCO3)cn2)CC1. The van der Waals surface area contributed by atoms with E-state index >= 15 is 0 Å². The Labute approximate surface area is 124 Å². The van der Waals surface area contributed by atoms with Gasteiger partial charge in [0.2, 0.25) is 5.95 Å². The van der Waals surface area contributed by atoms with Crippen molar-refractivity contribution in [3.63, 3.8) is 0 Å². The maximum Gasteiger partial charge on any atom is 0.253 e. The summed E-state index contributed by atoms with van der Waals surface area (Å²) in [4.78, 5) is 22.9. The number of ether oxygens (including phenoxy) is 1. The summed E-state index contributed by atoms with van der Waals surface area (Å²) in [5, 5.41) is 2.81. The van der Waals surface area contributed by atoms with Crippen molar-refractivity contribution in [2.75, 3.05) is 29.9 Å². The lowest BCUT2D eigenvalue weighted by molar-refractivity contribution is -0.124. The van der Waals surface area contributed by atoms with Crippen LogP contribution in [0, 0.1) is 5.92 Å². The molecule has 2 fully saturated rings. The Bertz CT molecular complexity index is 477. The zero-order valence-corrected chi connectivity index (χ0v) is 12.4. The summed E-state index contributed by atoms with van der Waals surface area (Å²) in [5.41, 5.74) is 0.629. The van der Waals surface area contributed by atoms with Gasteiger partial charge in [-0.15, -0.1) is 0 Å². The van der Waals surface area contributed by atoms with Crippen LogP contribution in [-0.2, 0) is 9.53 Å². The van der Waals surface area contributed by atoms with Crippen molar-refractivity contribution in [2.24, 2.45) is 5.92 Å². The molecule has 6 nitrogen and oxygen atoms in total. The quantitative estimate of drug-likeness (QED) is 0.920. The molecule has 3 rings (SSSR count). The Hall–Kier alpha value is -1.69. The number of anilines is 2. The van der Waals surface area contributed by atoms with E-state index in [1.165, 1.54) is 12.8 Å². The van der Waals surface area contributed by atoms with Gasteiger partial charge in [0.15, 0.2) is 0 Å². The summed E-state index contributed by atoms with van der Waals surface area (Å²) < 4.78 is 5.35. The fourth-order valence-corrected chi connectivity index (χ4v) is 2.76. The van der Waals surface area contributed by atoms with Gasteiger partial charge in [-0.3, -0.25) is 4.79 Å². The number of nitrogens with zero attached hydrogens (tertiary/aromatic N) is 3. The molecule has 1 amide bonds. The molecule has 0 aliphatic carbocycles. The van der Waals surface area contributed by atoms with Crippen molar-refractivity contribution in [1.29, 1.82) is 0 Å². The Kier molecular flexibility index (Phi) is 4.34. The molecule has 0 saturated carbocycles. The third kappa shape index (κ3) is 3.50. The standard InChI is InChI=1S/C15H22N4O2/c1-11-4-6-19(7-5-11)15-16-9-12(10-17-15)18-14(20)13-3-2-8-21-13/h9-11,13H,2-8H2,1H3,(H,18,20). The number of carbonyl (C=O) groups excluding carboxylic acids is 1. The lowest BCUT2D eigenvalue weighted by Crippen LogP contribution is -2.34. The van der Waals surface area contributed by atoms with Crippen molar-refractivity contribution in [2.45, 2.75) is 38.7 Å². The fourth-order valence-electron chi connectivity index (χ4n) is 2.76. The molecule has 2 aliphatic heterocycles. The summed E-state index contributed by atoms with van der Waals surface area (Å²) in [7, 11) is 0. The van der Waals surface area contributed by atoms with E-state index in [9.17, 15) is 4.79 Å². The van der Waals surface area contributed by atoms with E-state index in [2.05, 4.69) is 27.1 Å². The van der Waals surface area contributed by atoms with Gasteiger partial charge in [-0.25, -0.2) is 9.97 Å². The average Bonchev–Trinajstić information content (AvgIpc) is 3.03. The highest BCUT2D eigenvalue weighted by Crippen LogP contribution is 2.20. The number of hydrogen-bond acceptors (Lipinski definition) is 5. The Morgan fingerprint density at radius 3 is 2.62 bits per heavy atom.